The number of hydrogen-bond donors (Lipinski definition) is 0. The first-order valence-corrected chi connectivity index (χ1v) is 11.0. The van der Waals surface area contributed by atoms with E-state index in [0.717, 1.165) is 0 Å². The highest BCUT2D eigenvalue weighted by Gasteiger charge is 2.50. The number of alkyl halides is 3. The van der Waals surface area contributed by atoms with Gasteiger partial charge in [0.2, 0.25) is 0 Å². The fourth-order valence-corrected chi connectivity index (χ4v) is 5.18. The molecule has 0 aliphatic carbocycles. The van der Waals surface area contributed by atoms with E-state index in [-0.39, 0.29) is 17.3 Å². The molecule has 1 aromatic carbocycles. The van der Waals surface area contributed by atoms with E-state index in [9.17, 15) is 26.4 Å². The van der Waals surface area contributed by atoms with Crippen LogP contribution in [0.25, 0.3) is 0 Å². The fourth-order valence-electron chi connectivity index (χ4n) is 1.70. The summed E-state index contributed by atoms with van der Waals surface area (Å²) in [4.78, 5) is 12.3. The molecule has 0 saturated carbocycles. The predicted molar refractivity (Wildman–Crippen MR) is 91.3 cm³/mol. The molecular formula is C15H21F3O6S2. The minimum absolute atomic E-state index is 0.00795. The maximum Gasteiger partial charge on any atom is 0.523 e. The molecule has 0 spiro atoms. The topological polar surface area (TPSA) is 78.9 Å². The lowest BCUT2D eigenvalue weighted by Crippen LogP contribution is -2.27. The van der Waals surface area contributed by atoms with E-state index in [1.165, 1.54) is 36.8 Å². The van der Waals surface area contributed by atoms with E-state index in [4.69, 9.17) is 9.47 Å². The Kier molecular flexibility index (Phi) is 6.78. The lowest BCUT2D eigenvalue weighted by atomic mass is 10.2. The average molecular weight is 418 g/mol. The van der Waals surface area contributed by atoms with Crippen molar-refractivity contribution in [1.29, 1.82) is 0 Å². The minimum atomic E-state index is -5.82. The van der Waals surface area contributed by atoms with Crippen LogP contribution < -0.4 is 0 Å². The highest BCUT2D eigenvalue weighted by atomic mass is 32.3. The predicted octanol–water partition coefficient (Wildman–Crippen LogP) is 3.82. The summed E-state index contributed by atoms with van der Waals surface area (Å²) in [6, 6.07) is 5.56. The van der Waals surface area contributed by atoms with Gasteiger partial charge in [-0.05, 0) is 45.4 Å². The summed E-state index contributed by atoms with van der Waals surface area (Å²) < 4.78 is 75.2. The molecule has 0 amide bonds. The molecule has 6 nitrogen and oxygen atoms in total. The van der Waals surface area contributed by atoms with Crippen LogP contribution in [0.3, 0.4) is 0 Å². The van der Waals surface area contributed by atoms with Crippen LogP contribution in [0.5, 0.6) is 0 Å². The standard InChI is InChI=1S/C15H21F3O6S2/c1-14(2,3)23-10-22-13(19)11-8-6-7-9-12(11)25(4,5)24-26(20,21)15(16,17)18/h6-9H,10H2,1-5H3. The Balaban J connectivity index is 3.09. The maximum atomic E-state index is 12.6. The van der Waals surface area contributed by atoms with Crippen molar-refractivity contribution in [3.05, 3.63) is 29.8 Å². The van der Waals surface area contributed by atoms with Crippen molar-refractivity contribution in [2.45, 2.75) is 36.8 Å². The molecule has 0 heterocycles. The summed E-state index contributed by atoms with van der Waals surface area (Å²) in [7, 11) is -8.80. The zero-order chi connectivity index (χ0) is 20.4. The van der Waals surface area contributed by atoms with E-state index in [2.05, 4.69) is 3.63 Å². The number of carbonyl (C=O) groups excluding carboxylic acids is 1. The molecule has 26 heavy (non-hydrogen) atoms. The van der Waals surface area contributed by atoms with Crippen LogP contribution in [0.2, 0.25) is 0 Å². The first kappa shape index (κ1) is 22.7. The van der Waals surface area contributed by atoms with Gasteiger partial charge in [-0.15, -0.1) is 0 Å². The van der Waals surface area contributed by atoms with Gasteiger partial charge in [-0.2, -0.15) is 21.6 Å². The van der Waals surface area contributed by atoms with Crippen molar-refractivity contribution in [3.63, 3.8) is 0 Å². The molecule has 0 radical (unpaired) electrons. The highest BCUT2D eigenvalue weighted by molar-refractivity contribution is 8.32. The summed E-state index contributed by atoms with van der Waals surface area (Å²) in [6.45, 7) is 4.88. The van der Waals surface area contributed by atoms with Crippen LogP contribution in [0.15, 0.2) is 29.2 Å². The Morgan fingerprint density at radius 3 is 2.12 bits per heavy atom. The number of ether oxygens (including phenoxy) is 2. The molecule has 1 aromatic rings. The third kappa shape index (κ3) is 6.15. The van der Waals surface area contributed by atoms with Gasteiger partial charge in [-0.3, -0.25) is 0 Å². The van der Waals surface area contributed by atoms with Gasteiger partial charge >= 0.3 is 21.6 Å². The van der Waals surface area contributed by atoms with E-state index < -0.39 is 37.5 Å². The lowest BCUT2D eigenvalue weighted by molar-refractivity contribution is -0.0966. The normalized spacial score (nSPS) is 14.2. The second-order valence-corrected chi connectivity index (χ2v) is 11.3. The van der Waals surface area contributed by atoms with Crippen molar-refractivity contribution < 1.29 is 39.5 Å². The number of esters is 1. The van der Waals surface area contributed by atoms with Crippen molar-refractivity contribution in [2.24, 2.45) is 0 Å². The van der Waals surface area contributed by atoms with Gasteiger partial charge < -0.3 is 9.47 Å². The summed E-state index contributed by atoms with van der Waals surface area (Å²) in [5.74, 6) is -0.863. The van der Waals surface area contributed by atoms with Gasteiger partial charge in [0.15, 0.2) is 6.79 Å². The van der Waals surface area contributed by atoms with Crippen LogP contribution in [-0.2, 0) is 23.2 Å². The molecule has 0 aliphatic heterocycles. The molecule has 0 bridgehead atoms. The quantitative estimate of drug-likeness (QED) is 0.397. The third-order valence-electron chi connectivity index (χ3n) is 2.86. The molecule has 0 aromatic heterocycles. The minimum Gasteiger partial charge on any atom is -0.435 e. The molecule has 0 fully saturated rings. The van der Waals surface area contributed by atoms with Gasteiger partial charge in [0.25, 0.3) is 0 Å². The number of hydrogen-bond acceptors (Lipinski definition) is 6. The molecule has 0 N–H and O–H groups in total. The third-order valence-corrected chi connectivity index (χ3v) is 6.92. The van der Waals surface area contributed by atoms with Crippen LogP contribution in [-0.4, -0.2) is 44.8 Å². The Hall–Kier alpha value is -1.30. The van der Waals surface area contributed by atoms with Crippen molar-refractivity contribution in [2.75, 3.05) is 19.3 Å². The van der Waals surface area contributed by atoms with Gasteiger partial charge in [-0.1, -0.05) is 22.4 Å². The van der Waals surface area contributed by atoms with E-state index in [0.29, 0.717) is 0 Å². The van der Waals surface area contributed by atoms with Gasteiger partial charge in [-0.25, -0.2) is 8.42 Å². The van der Waals surface area contributed by atoms with Gasteiger partial charge in [0.1, 0.15) is 0 Å². The summed E-state index contributed by atoms with van der Waals surface area (Å²) in [5, 5.41) is 0. The van der Waals surface area contributed by atoms with Crippen molar-refractivity contribution in [3.8, 4) is 0 Å². The Bertz CT molecular complexity index is 751. The van der Waals surface area contributed by atoms with Crippen LogP contribution in [0.4, 0.5) is 13.2 Å². The van der Waals surface area contributed by atoms with Gasteiger partial charge in [0.05, 0.1) is 11.2 Å². The second-order valence-electron chi connectivity index (χ2n) is 6.50. The largest absolute Gasteiger partial charge is 0.523 e. The first-order chi connectivity index (χ1) is 11.6. The smallest absolute Gasteiger partial charge is 0.435 e. The van der Waals surface area contributed by atoms with E-state index >= 15 is 0 Å². The van der Waals surface area contributed by atoms with Crippen LogP contribution in [0, 0.1) is 0 Å². The van der Waals surface area contributed by atoms with Gasteiger partial charge in [0, 0.05) is 4.90 Å². The molecule has 1 rings (SSSR count). The first-order valence-electron chi connectivity index (χ1n) is 7.23. The average Bonchev–Trinajstić information content (AvgIpc) is 2.43. The van der Waals surface area contributed by atoms with Crippen LogP contribution >= 0.6 is 10.3 Å². The maximum absolute atomic E-state index is 12.6. The zero-order valence-corrected chi connectivity index (χ0v) is 16.5. The second kappa shape index (κ2) is 7.75. The Labute approximate surface area is 152 Å². The molecule has 0 aliphatic rings. The molecule has 11 heteroatoms. The van der Waals surface area contributed by atoms with E-state index in [1.54, 1.807) is 20.8 Å². The molecule has 0 atom stereocenters. The SMILES string of the molecule is CC(C)(C)OCOC(=O)c1ccccc1S(C)(C)OS(=O)(=O)C(F)(F)F. The summed E-state index contributed by atoms with van der Waals surface area (Å²) in [5.41, 5.74) is -6.22. The molecule has 0 unspecified atom stereocenters. The van der Waals surface area contributed by atoms with Crippen LogP contribution in [0.1, 0.15) is 31.1 Å². The fraction of sp³-hybridized carbons (Fsp3) is 0.533. The molecular weight excluding hydrogens is 397 g/mol. The Morgan fingerprint density at radius 2 is 1.62 bits per heavy atom. The lowest BCUT2D eigenvalue weighted by Gasteiger charge is -2.31. The number of rotatable bonds is 6. The van der Waals surface area contributed by atoms with Crippen molar-refractivity contribution in [1.82, 2.24) is 0 Å². The summed E-state index contributed by atoms with van der Waals surface area (Å²) in [6.07, 6.45) is 2.38. The number of carbonyl (C=O) groups is 1. The number of halogens is 3. The number of benzene rings is 1. The van der Waals surface area contributed by atoms with Crippen molar-refractivity contribution >= 4 is 26.4 Å². The Morgan fingerprint density at radius 1 is 1.08 bits per heavy atom. The molecule has 0 saturated heterocycles. The monoisotopic (exact) mass is 418 g/mol. The molecule has 150 valence electrons. The van der Waals surface area contributed by atoms with E-state index in [1.807, 2.05) is 0 Å². The zero-order valence-electron chi connectivity index (χ0n) is 14.9. The highest BCUT2D eigenvalue weighted by Crippen LogP contribution is 2.54. The summed E-state index contributed by atoms with van der Waals surface area (Å²) >= 11 is 0.